The third-order valence-corrected chi connectivity index (χ3v) is 4.99. The number of amides is 1. The van der Waals surface area contributed by atoms with Crippen LogP contribution in [0.25, 0.3) is 0 Å². The van der Waals surface area contributed by atoms with Gasteiger partial charge in [0, 0.05) is 0 Å². The van der Waals surface area contributed by atoms with Crippen LogP contribution in [0.3, 0.4) is 0 Å². The van der Waals surface area contributed by atoms with E-state index < -0.39 is 15.9 Å². The van der Waals surface area contributed by atoms with Gasteiger partial charge in [-0.05, 0) is 38.5 Å². The van der Waals surface area contributed by atoms with Crippen molar-refractivity contribution < 1.29 is 22.5 Å². The Morgan fingerprint density at radius 1 is 1.28 bits per heavy atom. The number of ether oxygens (including phenoxy) is 1. The average molecular weight is 367 g/mol. The SMILES string of the molecule is Cc1cccc(OCCNC(=O)CNS(=O)(=O)c2c(C)noc2C)c1. The Labute approximate surface area is 146 Å². The molecule has 1 aromatic carbocycles. The molecule has 0 atom stereocenters. The van der Waals surface area contributed by atoms with Crippen molar-refractivity contribution in [1.82, 2.24) is 15.2 Å². The van der Waals surface area contributed by atoms with Gasteiger partial charge in [0.2, 0.25) is 15.9 Å². The van der Waals surface area contributed by atoms with E-state index in [4.69, 9.17) is 9.26 Å². The van der Waals surface area contributed by atoms with Gasteiger partial charge in [-0.3, -0.25) is 4.79 Å². The van der Waals surface area contributed by atoms with E-state index in [2.05, 4.69) is 15.2 Å². The zero-order chi connectivity index (χ0) is 18.4. The molecule has 0 spiro atoms. The van der Waals surface area contributed by atoms with Crippen molar-refractivity contribution in [3.8, 4) is 5.75 Å². The molecule has 2 rings (SSSR count). The molecule has 9 heteroatoms. The van der Waals surface area contributed by atoms with E-state index >= 15 is 0 Å². The van der Waals surface area contributed by atoms with Crippen LogP contribution >= 0.6 is 0 Å². The molecule has 25 heavy (non-hydrogen) atoms. The van der Waals surface area contributed by atoms with E-state index in [1.54, 1.807) is 0 Å². The number of aromatic nitrogens is 1. The normalized spacial score (nSPS) is 11.3. The fourth-order valence-electron chi connectivity index (χ4n) is 2.22. The van der Waals surface area contributed by atoms with Gasteiger partial charge in [-0.1, -0.05) is 17.3 Å². The molecule has 0 unspecified atom stereocenters. The van der Waals surface area contributed by atoms with E-state index in [0.29, 0.717) is 5.75 Å². The van der Waals surface area contributed by atoms with Gasteiger partial charge in [0.25, 0.3) is 0 Å². The van der Waals surface area contributed by atoms with Gasteiger partial charge in [0.15, 0.2) is 5.76 Å². The molecule has 0 radical (unpaired) electrons. The van der Waals surface area contributed by atoms with E-state index in [1.807, 2.05) is 31.2 Å². The Balaban J connectivity index is 1.75. The Kier molecular flexibility index (Phi) is 6.16. The standard InChI is InChI=1S/C16H21N3O5S/c1-11-5-4-6-14(9-11)23-8-7-17-15(20)10-18-25(21,22)16-12(2)19-24-13(16)3/h4-6,9,18H,7-8,10H2,1-3H3,(H,17,20). The summed E-state index contributed by atoms with van der Waals surface area (Å²) >= 11 is 0. The average Bonchev–Trinajstić information content (AvgIpc) is 2.89. The molecule has 8 nitrogen and oxygen atoms in total. The number of benzene rings is 1. The molecule has 0 fully saturated rings. The van der Waals surface area contributed by atoms with Crippen molar-refractivity contribution in [3.05, 3.63) is 41.3 Å². The Morgan fingerprint density at radius 3 is 2.68 bits per heavy atom. The number of sulfonamides is 1. The Morgan fingerprint density at radius 2 is 2.04 bits per heavy atom. The van der Waals surface area contributed by atoms with Crippen molar-refractivity contribution in [3.63, 3.8) is 0 Å². The second-order valence-electron chi connectivity index (χ2n) is 5.49. The number of nitrogens with one attached hydrogen (secondary N) is 2. The summed E-state index contributed by atoms with van der Waals surface area (Å²) in [7, 11) is -3.85. The van der Waals surface area contributed by atoms with Crippen LogP contribution in [-0.4, -0.2) is 39.2 Å². The first-order valence-corrected chi connectivity index (χ1v) is 9.16. The van der Waals surface area contributed by atoms with E-state index in [9.17, 15) is 13.2 Å². The maximum absolute atomic E-state index is 12.2. The first-order valence-electron chi connectivity index (χ1n) is 7.68. The zero-order valence-corrected chi connectivity index (χ0v) is 15.1. The molecule has 0 saturated carbocycles. The summed E-state index contributed by atoms with van der Waals surface area (Å²) in [4.78, 5) is 11.7. The second-order valence-corrected chi connectivity index (χ2v) is 7.20. The van der Waals surface area contributed by atoms with Crippen molar-refractivity contribution in [2.75, 3.05) is 19.7 Å². The van der Waals surface area contributed by atoms with E-state index in [0.717, 1.165) is 5.56 Å². The molecule has 0 bridgehead atoms. The lowest BCUT2D eigenvalue weighted by Crippen LogP contribution is -2.38. The van der Waals surface area contributed by atoms with Crippen LogP contribution in [0.4, 0.5) is 0 Å². The lowest BCUT2D eigenvalue weighted by molar-refractivity contribution is -0.120. The van der Waals surface area contributed by atoms with Crippen molar-refractivity contribution >= 4 is 15.9 Å². The number of hydrogen-bond donors (Lipinski definition) is 2. The summed E-state index contributed by atoms with van der Waals surface area (Å²) in [5, 5.41) is 6.18. The molecule has 2 N–H and O–H groups in total. The predicted octanol–water partition coefficient (Wildman–Crippen LogP) is 1.07. The minimum atomic E-state index is -3.85. The molecule has 0 aliphatic heterocycles. The third-order valence-electron chi connectivity index (χ3n) is 3.34. The highest BCUT2D eigenvalue weighted by Crippen LogP contribution is 2.18. The van der Waals surface area contributed by atoms with Gasteiger partial charge < -0.3 is 14.6 Å². The number of aryl methyl sites for hydroxylation is 3. The first kappa shape index (κ1) is 18.9. The molecule has 136 valence electrons. The smallest absolute Gasteiger partial charge is 0.246 e. The number of carbonyl (C=O) groups excluding carboxylic acids is 1. The number of carbonyl (C=O) groups is 1. The molecule has 1 heterocycles. The van der Waals surface area contributed by atoms with Crippen molar-refractivity contribution in [2.24, 2.45) is 0 Å². The van der Waals surface area contributed by atoms with Crippen LogP contribution in [0.1, 0.15) is 17.0 Å². The van der Waals surface area contributed by atoms with Gasteiger partial charge in [0.1, 0.15) is 22.9 Å². The fraction of sp³-hybridized carbons (Fsp3) is 0.375. The van der Waals surface area contributed by atoms with E-state index in [1.165, 1.54) is 13.8 Å². The van der Waals surface area contributed by atoms with Gasteiger partial charge in [-0.15, -0.1) is 0 Å². The minimum absolute atomic E-state index is 0.0388. The highest BCUT2D eigenvalue weighted by molar-refractivity contribution is 7.89. The molecule has 0 aliphatic carbocycles. The number of hydrogen-bond acceptors (Lipinski definition) is 6. The van der Waals surface area contributed by atoms with Crippen LogP contribution in [-0.2, 0) is 14.8 Å². The molecule has 1 aromatic heterocycles. The number of nitrogens with zero attached hydrogens (tertiary/aromatic N) is 1. The zero-order valence-electron chi connectivity index (χ0n) is 14.3. The lowest BCUT2D eigenvalue weighted by Gasteiger charge is -2.09. The van der Waals surface area contributed by atoms with Gasteiger partial charge in [-0.25, -0.2) is 13.1 Å². The van der Waals surface area contributed by atoms with Crippen molar-refractivity contribution in [1.29, 1.82) is 0 Å². The largest absolute Gasteiger partial charge is 0.492 e. The third kappa shape index (κ3) is 5.30. The second kappa shape index (κ2) is 8.13. The first-order chi connectivity index (χ1) is 11.8. The minimum Gasteiger partial charge on any atom is -0.492 e. The molecule has 1 amide bonds. The summed E-state index contributed by atoms with van der Waals surface area (Å²) in [6, 6.07) is 7.55. The molecule has 0 saturated heterocycles. The predicted molar refractivity (Wildman–Crippen MR) is 90.8 cm³/mol. The van der Waals surface area contributed by atoms with Gasteiger partial charge >= 0.3 is 0 Å². The number of rotatable bonds is 8. The molecular weight excluding hydrogens is 346 g/mol. The van der Waals surface area contributed by atoms with E-state index in [-0.39, 0.29) is 36.0 Å². The highest BCUT2D eigenvalue weighted by Gasteiger charge is 2.24. The van der Waals surface area contributed by atoms with Crippen LogP contribution in [0, 0.1) is 20.8 Å². The summed E-state index contributed by atoms with van der Waals surface area (Å²) in [6.45, 7) is 5.15. The highest BCUT2D eigenvalue weighted by atomic mass is 32.2. The van der Waals surface area contributed by atoms with Crippen LogP contribution in [0.5, 0.6) is 5.75 Å². The van der Waals surface area contributed by atoms with Crippen LogP contribution in [0.2, 0.25) is 0 Å². The fourth-order valence-corrected chi connectivity index (χ4v) is 3.53. The summed E-state index contributed by atoms with van der Waals surface area (Å²) < 4.78 is 36.9. The van der Waals surface area contributed by atoms with Gasteiger partial charge in [0.05, 0.1) is 13.1 Å². The molecule has 0 aliphatic rings. The maximum atomic E-state index is 12.2. The monoisotopic (exact) mass is 367 g/mol. The van der Waals surface area contributed by atoms with Crippen LogP contribution < -0.4 is 14.8 Å². The Bertz CT molecular complexity index is 826. The van der Waals surface area contributed by atoms with Crippen molar-refractivity contribution in [2.45, 2.75) is 25.7 Å². The summed E-state index contributed by atoms with van der Waals surface area (Å²) in [5.74, 6) is 0.438. The lowest BCUT2D eigenvalue weighted by atomic mass is 10.2. The molecule has 2 aromatic rings. The quantitative estimate of drug-likeness (QED) is 0.676. The molecular formula is C16H21N3O5S. The topological polar surface area (TPSA) is 111 Å². The summed E-state index contributed by atoms with van der Waals surface area (Å²) in [5.41, 5.74) is 1.33. The Hall–Kier alpha value is -2.39. The maximum Gasteiger partial charge on any atom is 0.246 e. The van der Waals surface area contributed by atoms with Crippen LogP contribution in [0.15, 0.2) is 33.7 Å². The summed E-state index contributed by atoms with van der Waals surface area (Å²) in [6.07, 6.45) is 0. The van der Waals surface area contributed by atoms with Gasteiger partial charge in [-0.2, -0.15) is 0 Å².